The number of rotatable bonds is 3. The van der Waals surface area contributed by atoms with E-state index in [1.54, 1.807) is 0 Å². The van der Waals surface area contributed by atoms with Crippen molar-refractivity contribution in [2.75, 3.05) is 19.6 Å². The molecular formula is C22H41NO. The molecule has 0 amide bonds. The molecule has 0 spiro atoms. The van der Waals surface area contributed by atoms with Gasteiger partial charge in [0.25, 0.3) is 0 Å². The van der Waals surface area contributed by atoms with Crippen molar-refractivity contribution in [3.05, 3.63) is 0 Å². The van der Waals surface area contributed by atoms with Gasteiger partial charge in [0.05, 0.1) is 11.7 Å². The molecule has 3 aliphatic carbocycles. The molecule has 0 N–H and O–H groups in total. The van der Waals surface area contributed by atoms with Crippen molar-refractivity contribution in [3.63, 3.8) is 0 Å². The van der Waals surface area contributed by atoms with Crippen LogP contribution in [-0.2, 0) is 4.74 Å². The molecule has 0 aromatic rings. The van der Waals surface area contributed by atoms with Crippen LogP contribution in [0.2, 0.25) is 0 Å². The van der Waals surface area contributed by atoms with E-state index in [2.05, 4.69) is 46.4 Å². The fourth-order valence-corrected chi connectivity index (χ4v) is 5.79. The molecule has 2 bridgehead atoms. The van der Waals surface area contributed by atoms with Gasteiger partial charge in [-0.25, -0.2) is 0 Å². The molecule has 1 aliphatic heterocycles. The van der Waals surface area contributed by atoms with Crippen molar-refractivity contribution in [2.24, 2.45) is 16.2 Å². The Bertz CT molecular complexity index is 409. The second-order valence-electron chi connectivity index (χ2n) is 11.2. The van der Waals surface area contributed by atoms with Crippen molar-refractivity contribution in [2.45, 2.75) is 105 Å². The molecule has 0 radical (unpaired) electrons. The van der Waals surface area contributed by atoms with Crippen LogP contribution in [0, 0.1) is 16.2 Å². The number of fused-ring (bicyclic) bond motifs is 3. The molecule has 2 heteroatoms. The molecule has 1 saturated heterocycles. The van der Waals surface area contributed by atoms with Crippen LogP contribution in [-0.4, -0.2) is 36.2 Å². The van der Waals surface area contributed by atoms with Crippen LogP contribution in [0.25, 0.3) is 0 Å². The van der Waals surface area contributed by atoms with E-state index in [0.29, 0.717) is 22.3 Å². The number of likely N-dealkylation sites (tertiary alicyclic amines) is 1. The molecule has 0 aromatic carbocycles. The highest BCUT2D eigenvalue weighted by Gasteiger charge is 2.53. The SMILES string of the molecule is CC(C)(C)OC1CCN(CC23CCC(C(C)(C)C)(CC2)CC3)CC1. The molecule has 4 aliphatic rings. The predicted octanol–water partition coefficient (Wildman–Crippen LogP) is 5.65. The molecule has 3 saturated carbocycles. The second-order valence-corrected chi connectivity index (χ2v) is 11.2. The molecule has 4 fully saturated rings. The van der Waals surface area contributed by atoms with Gasteiger partial charge in [-0.1, -0.05) is 20.8 Å². The fourth-order valence-electron chi connectivity index (χ4n) is 5.79. The molecule has 1 heterocycles. The first kappa shape index (κ1) is 18.7. The third kappa shape index (κ3) is 3.85. The quantitative estimate of drug-likeness (QED) is 0.660. The maximum absolute atomic E-state index is 6.20. The van der Waals surface area contributed by atoms with E-state index in [-0.39, 0.29) is 5.60 Å². The summed E-state index contributed by atoms with van der Waals surface area (Å²) < 4.78 is 6.20. The zero-order valence-corrected chi connectivity index (χ0v) is 17.2. The van der Waals surface area contributed by atoms with Crippen LogP contribution >= 0.6 is 0 Å². The molecule has 0 aromatic heterocycles. The van der Waals surface area contributed by atoms with E-state index in [9.17, 15) is 0 Å². The van der Waals surface area contributed by atoms with E-state index in [0.717, 1.165) is 0 Å². The number of hydrogen-bond donors (Lipinski definition) is 0. The number of hydrogen-bond acceptors (Lipinski definition) is 2. The van der Waals surface area contributed by atoms with Crippen LogP contribution in [0.5, 0.6) is 0 Å². The normalized spacial score (nSPS) is 36.2. The minimum atomic E-state index is 0.00848. The molecule has 0 unspecified atom stereocenters. The summed E-state index contributed by atoms with van der Waals surface area (Å²) in [5, 5.41) is 0. The van der Waals surface area contributed by atoms with Crippen LogP contribution in [0.4, 0.5) is 0 Å². The lowest BCUT2D eigenvalue weighted by molar-refractivity contribution is -0.105. The van der Waals surface area contributed by atoms with Gasteiger partial charge >= 0.3 is 0 Å². The maximum atomic E-state index is 6.20. The Labute approximate surface area is 150 Å². The summed E-state index contributed by atoms with van der Waals surface area (Å²) in [6, 6.07) is 0. The van der Waals surface area contributed by atoms with Gasteiger partial charge in [-0.05, 0) is 88.4 Å². The van der Waals surface area contributed by atoms with Gasteiger partial charge in [0, 0.05) is 19.6 Å². The monoisotopic (exact) mass is 335 g/mol. The lowest BCUT2D eigenvalue weighted by atomic mass is 9.47. The van der Waals surface area contributed by atoms with E-state index >= 15 is 0 Å². The van der Waals surface area contributed by atoms with Gasteiger partial charge in [-0.15, -0.1) is 0 Å². The van der Waals surface area contributed by atoms with E-state index in [4.69, 9.17) is 4.74 Å². The highest BCUT2D eigenvalue weighted by molar-refractivity contribution is 5.04. The van der Waals surface area contributed by atoms with Crippen molar-refractivity contribution in [1.82, 2.24) is 4.90 Å². The van der Waals surface area contributed by atoms with Crippen LogP contribution in [0.3, 0.4) is 0 Å². The van der Waals surface area contributed by atoms with Gasteiger partial charge in [0.15, 0.2) is 0 Å². The fraction of sp³-hybridized carbons (Fsp3) is 1.00. The number of nitrogens with zero attached hydrogens (tertiary/aromatic N) is 1. The average Bonchev–Trinajstić information content (AvgIpc) is 2.48. The minimum Gasteiger partial charge on any atom is -0.373 e. The molecule has 2 nitrogen and oxygen atoms in total. The smallest absolute Gasteiger partial charge is 0.0606 e. The highest BCUT2D eigenvalue weighted by atomic mass is 16.5. The topological polar surface area (TPSA) is 12.5 Å². The summed E-state index contributed by atoms with van der Waals surface area (Å²) in [5.41, 5.74) is 1.78. The van der Waals surface area contributed by atoms with E-state index in [1.165, 1.54) is 71.0 Å². The first-order valence-corrected chi connectivity index (χ1v) is 10.4. The van der Waals surface area contributed by atoms with Crippen molar-refractivity contribution in [3.8, 4) is 0 Å². The average molecular weight is 336 g/mol. The lowest BCUT2D eigenvalue weighted by Crippen LogP contribution is -2.53. The Kier molecular flexibility index (Phi) is 4.88. The molecule has 4 rings (SSSR count). The van der Waals surface area contributed by atoms with Crippen molar-refractivity contribution < 1.29 is 4.74 Å². The Morgan fingerprint density at radius 1 is 0.833 bits per heavy atom. The number of piperidine rings is 1. The van der Waals surface area contributed by atoms with Gasteiger partial charge < -0.3 is 9.64 Å². The largest absolute Gasteiger partial charge is 0.373 e. The first-order chi connectivity index (χ1) is 11.0. The summed E-state index contributed by atoms with van der Waals surface area (Å²) in [4.78, 5) is 2.76. The van der Waals surface area contributed by atoms with Gasteiger partial charge in [0.1, 0.15) is 0 Å². The molecule has 24 heavy (non-hydrogen) atoms. The van der Waals surface area contributed by atoms with Crippen LogP contribution in [0.15, 0.2) is 0 Å². The van der Waals surface area contributed by atoms with Crippen LogP contribution < -0.4 is 0 Å². The Morgan fingerprint density at radius 3 is 1.75 bits per heavy atom. The Morgan fingerprint density at radius 2 is 1.33 bits per heavy atom. The minimum absolute atomic E-state index is 0.00848. The summed E-state index contributed by atoms with van der Waals surface area (Å²) in [7, 11) is 0. The van der Waals surface area contributed by atoms with Gasteiger partial charge in [-0.2, -0.15) is 0 Å². The van der Waals surface area contributed by atoms with Gasteiger partial charge in [-0.3, -0.25) is 0 Å². The summed E-state index contributed by atoms with van der Waals surface area (Å²) in [5.74, 6) is 0. The van der Waals surface area contributed by atoms with E-state index in [1.807, 2.05) is 0 Å². The maximum Gasteiger partial charge on any atom is 0.0606 e. The predicted molar refractivity (Wildman–Crippen MR) is 102 cm³/mol. The summed E-state index contributed by atoms with van der Waals surface area (Å²) in [6.45, 7) is 17.8. The highest BCUT2D eigenvalue weighted by Crippen LogP contribution is 2.63. The zero-order valence-electron chi connectivity index (χ0n) is 17.2. The second kappa shape index (κ2) is 6.27. The number of ether oxygens (including phenoxy) is 1. The standard InChI is InChI=1S/C22H41NO/c1-19(2,3)22-12-9-21(10-13-22,11-14-22)17-23-15-7-18(8-16-23)24-20(4,5)6/h18H,7-17H2,1-6H3. The third-order valence-electron chi connectivity index (χ3n) is 7.61. The summed E-state index contributed by atoms with van der Waals surface area (Å²) >= 11 is 0. The first-order valence-electron chi connectivity index (χ1n) is 10.4. The molecule has 0 atom stereocenters. The summed E-state index contributed by atoms with van der Waals surface area (Å²) in [6.07, 6.45) is 11.8. The van der Waals surface area contributed by atoms with Crippen molar-refractivity contribution in [1.29, 1.82) is 0 Å². The van der Waals surface area contributed by atoms with Crippen LogP contribution in [0.1, 0.15) is 92.9 Å². The Balaban J connectivity index is 1.51. The van der Waals surface area contributed by atoms with E-state index < -0.39 is 0 Å². The third-order valence-corrected chi connectivity index (χ3v) is 7.61. The molecular weight excluding hydrogens is 294 g/mol. The zero-order chi connectivity index (χ0) is 17.6. The van der Waals surface area contributed by atoms with Gasteiger partial charge in [0.2, 0.25) is 0 Å². The van der Waals surface area contributed by atoms with Crippen molar-refractivity contribution >= 4 is 0 Å². The molecule has 140 valence electrons. The Hall–Kier alpha value is -0.0800. The lowest BCUT2D eigenvalue weighted by Gasteiger charge is -2.60.